The second-order valence-corrected chi connectivity index (χ2v) is 10.9. The first kappa shape index (κ1) is 22.2. The van der Waals surface area contributed by atoms with Crippen molar-refractivity contribution < 1.29 is 9.53 Å². The van der Waals surface area contributed by atoms with Crippen LogP contribution in [0.5, 0.6) is 0 Å². The molecule has 1 atom stereocenters. The van der Waals surface area contributed by atoms with Crippen LogP contribution in [-0.2, 0) is 9.53 Å². The van der Waals surface area contributed by atoms with Gasteiger partial charge in [0, 0.05) is 51.4 Å². The summed E-state index contributed by atoms with van der Waals surface area (Å²) in [5.74, 6) is 1.01. The third-order valence-electron chi connectivity index (χ3n) is 8.67. The molecule has 4 aliphatic rings. The van der Waals surface area contributed by atoms with Crippen LogP contribution in [0.4, 0.5) is 5.69 Å². The maximum atomic E-state index is 12.8. The van der Waals surface area contributed by atoms with Crippen LogP contribution in [0, 0.1) is 18.3 Å². The molecule has 5 nitrogen and oxygen atoms in total. The quantitative estimate of drug-likeness (QED) is 0.624. The summed E-state index contributed by atoms with van der Waals surface area (Å²) >= 11 is 0. The Kier molecular flexibility index (Phi) is 6.75. The molecule has 4 fully saturated rings. The van der Waals surface area contributed by atoms with E-state index in [1.807, 2.05) is 0 Å². The fraction of sp³-hybridized carbons (Fsp3) is 0.741. The van der Waals surface area contributed by atoms with Crippen molar-refractivity contribution in [3.63, 3.8) is 0 Å². The molecule has 176 valence electrons. The van der Waals surface area contributed by atoms with Crippen LogP contribution in [0.25, 0.3) is 0 Å². The Labute approximate surface area is 194 Å². The summed E-state index contributed by atoms with van der Waals surface area (Å²) in [6.07, 6.45) is 9.72. The molecule has 0 bridgehead atoms. The number of piperazine rings is 1. The topological polar surface area (TPSA) is 36.0 Å². The van der Waals surface area contributed by atoms with Crippen molar-refractivity contribution in [2.24, 2.45) is 11.3 Å². The predicted octanol–water partition coefficient (Wildman–Crippen LogP) is 4.10. The van der Waals surface area contributed by atoms with E-state index in [0.717, 1.165) is 77.4 Å². The van der Waals surface area contributed by atoms with Gasteiger partial charge in [-0.05, 0) is 70.2 Å². The first-order chi connectivity index (χ1) is 15.6. The van der Waals surface area contributed by atoms with Crippen molar-refractivity contribution >= 4 is 11.7 Å². The first-order valence-electron chi connectivity index (χ1n) is 13.1. The molecule has 3 aliphatic heterocycles. The van der Waals surface area contributed by atoms with Crippen LogP contribution >= 0.6 is 0 Å². The molecule has 1 aliphatic carbocycles. The Hall–Kier alpha value is -1.59. The van der Waals surface area contributed by atoms with Gasteiger partial charge in [0.05, 0.1) is 5.41 Å². The SMILES string of the molecule is Cc1ccc(N2CCN(CCC3CC4(CCN(CC5CCCC5)CC4)C(=O)O3)CC2)cc1. The van der Waals surface area contributed by atoms with E-state index in [-0.39, 0.29) is 17.5 Å². The number of likely N-dealkylation sites (tertiary alicyclic amines) is 1. The first-order valence-corrected chi connectivity index (χ1v) is 13.1. The van der Waals surface area contributed by atoms with Gasteiger partial charge in [0.2, 0.25) is 0 Å². The summed E-state index contributed by atoms with van der Waals surface area (Å²) in [5.41, 5.74) is 2.47. The molecular formula is C27H41N3O2. The predicted molar refractivity (Wildman–Crippen MR) is 129 cm³/mol. The van der Waals surface area contributed by atoms with E-state index in [1.54, 1.807) is 0 Å². The lowest BCUT2D eigenvalue weighted by Gasteiger charge is -2.37. The molecule has 5 heteroatoms. The number of nitrogens with zero attached hydrogens (tertiary/aromatic N) is 3. The highest BCUT2D eigenvalue weighted by atomic mass is 16.6. The molecule has 0 aromatic heterocycles. The number of cyclic esters (lactones) is 1. The summed E-state index contributed by atoms with van der Waals surface area (Å²) < 4.78 is 5.92. The van der Waals surface area contributed by atoms with Crippen LogP contribution in [0.15, 0.2) is 24.3 Å². The Morgan fingerprint density at radius 2 is 1.62 bits per heavy atom. The fourth-order valence-corrected chi connectivity index (χ4v) is 6.44. The third-order valence-corrected chi connectivity index (χ3v) is 8.67. The summed E-state index contributed by atoms with van der Waals surface area (Å²) in [5, 5.41) is 0. The molecule has 1 spiro atoms. The van der Waals surface area contributed by atoms with E-state index in [9.17, 15) is 4.79 Å². The Morgan fingerprint density at radius 3 is 2.31 bits per heavy atom. The highest BCUT2D eigenvalue weighted by Crippen LogP contribution is 2.44. The molecule has 32 heavy (non-hydrogen) atoms. The summed E-state index contributed by atoms with van der Waals surface area (Å²) in [7, 11) is 0. The van der Waals surface area contributed by atoms with Crippen LogP contribution < -0.4 is 4.90 Å². The van der Waals surface area contributed by atoms with Gasteiger partial charge in [0.1, 0.15) is 6.10 Å². The number of benzene rings is 1. The van der Waals surface area contributed by atoms with Crippen molar-refractivity contribution in [3.05, 3.63) is 29.8 Å². The zero-order valence-electron chi connectivity index (χ0n) is 19.9. The molecule has 0 amide bonds. The molecule has 1 saturated carbocycles. The minimum absolute atomic E-state index is 0.104. The van der Waals surface area contributed by atoms with Gasteiger partial charge >= 0.3 is 5.97 Å². The molecule has 5 rings (SSSR count). The zero-order valence-corrected chi connectivity index (χ0v) is 19.9. The molecule has 1 aromatic rings. The number of hydrogen-bond donors (Lipinski definition) is 0. The summed E-state index contributed by atoms with van der Waals surface area (Å²) in [6, 6.07) is 8.87. The number of carbonyl (C=O) groups is 1. The van der Waals surface area contributed by atoms with Gasteiger partial charge in [-0.1, -0.05) is 30.5 Å². The van der Waals surface area contributed by atoms with Gasteiger partial charge < -0.3 is 14.5 Å². The van der Waals surface area contributed by atoms with E-state index in [0.29, 0.717) is 0 Å². The second kappa shape index (κ2) is 9.72. The lowest BCUT2D eigenvalue weighted by Crippen LogP contribution is -2.47. The number of piperidine rings is 1. The van der Waals surface area contributed by atoms with Crippen LogP contribution in [0.1, 0.15) is 56.9 Å². The molecule has 0 radical (unpaired) electrons. The molecular weight excluding hydrogens is 398 g/mol. The van der Waals surface area contributed by atoms with Crippen molar-refractivity contribution in [1.29, 1.82) is 0 Å². The number of aryl methyl sites for hydroxylation is 1. The molecule has 1 aromatic carbocycles. The Bertz CT molecular complexity index is 758. The third kappa shape index (κ3) is 4.99. The number of ether oxygens (including phenoxy) is 1. The van der Waals surface area contributed by atoms with Crippen molar-refractivity contribution in [2.75, 3.05) is 57.3 Å². The fourth-order valence-electron chi connectivity index (χ4n) is 6.44. The second-order valence-electron chi connectivity index (χ2n) is 10.9. The summed E-state index contributed by atoms with van der Waals surface area (Å²) in [6.45, 7) is 10.9. The van der Waals surface area contributed by atoms with Gasteiger partial charge in [0.15, 0.2) is 0 Å². The van der Waals surface area contributed by atoms with E-state index in [1.165, 1.54) is 43.5 Å². The van der Waals surface area contributed by atoms with Gasteiger partial charge in [-0.25, -0.2) is 0 Å². The largest absolute Gasteiger partial charge is 0.462 e. The minimum atomic E-state index is -0.180. The van der Waals surface area contributed by atoms with E-state index < -0.39 is 0 Å². The normalized spacial score (nSPS) is 27.3. The number of anilines is 1. The maximum Gasteiger partial charge on any atom is 0.312 e. The number of esters is 1. The monoisotopic (exact) mass is 439 g/mol. The van der Waals surface area contributed by atoms with Crippen molar-refractivity contribution in [1.82, 2.24) is 9.80 Å². The van der Waals surface area contributed by atoms with Crippen LogP contribution in [0.3, 0.4) is 0 Å². The highest BCUT2D eigenvalue weighted by Gasteiger charge is 2.50. The van der Waals surface area contributed by atoms with Gasteiger partial charge in [0.25, 0.3) is 0 Å². The van der Waals surface area contributed by atoms with Gasteiger partial charge in [-0.15, -0.1) is 0 Å². The van der Waals surface area contributed by atoms with E-state index in [4.69, 9.17) is 4.74 Å². The lowest BCUT2D eigenvalue weighted by molar-refractivity contribution is -0.151. The zero-order chi connectivity index (χ0) is 22.0. The smallest absolute Gasteiger partial charge is 0.312 e. The summed E-state index contributed by atoms with van der Waals surface area (Å²) in [4.78, 5) is 20.5. The van der Waals surface area contributed by atoms with Crippen LogP contribution in [0.2, 0.25) is 0 Å². The Morgan fingerprint density at radius 1 is 0.938 bits per heavy atom. The van der Waals surface area contributed by atoms with Gasteiger partial charge in [-0.3, -0.25) is 9.69 Å². The van der Waals surface area contributed by atoms with Crippen molar-refractivity contribution in [2.45, 2.75) is 64.4 Å². The molecule has 3 saturated heterocycles. The Balaban J connectivity index is 1.04. The molecule has 0 N–H and O–H groups in total. The number of carbonyl (C=O) groups excluding carboxylic acids is 1. The van der Waals surface area contributed by atoms with E-state index in [2.05, 4.69) is 45.9 Å². The lowest BCUT2D eigenvalue weighted by atomic mass is 9.75. The van der Waals surface area contributed by atoms with Gasteiger partial charge in [-0.2, -0.15) is 0 Å². The van der Waals surface area contributed by atoms with Crippen molar-refractivity contribution in [3.8, 4) is 0 Å². The number of hydrogen-bond acceptors (Lipinski definition) is 5. The number of rotatable bonds is 6. The van der Waals surface area contributed by atoms with E-state index >= 15 is 0 Å². The highest BCUT2D eigenvalue weighted by molar-refractivity contribution is 5.79. The molecule has 1 unspecified atom stereocenters. The molecule has 3 heterocycles. The van der Waals surface area contributed by atoms with Crippen LogP contribution in [-0.4, -0.2) is 74.2 Å². The maximum absolute atomic E-state index is 12.8. The average Bonchev–Trinajstić information content (AvgIpc) is 3.43. The standard InChI is InChI=1S/C27H41N3O2/c1-22-6-8-24(9-7-22)30-18-16-28(17-19-30)13-10-25-20-27(26(31)32-25)11-14-29(15-12-27)21-23-4-2-3-5-23/h6-9,23,25H,2-5,10-21H2,1H3. The minimum Gasteiger partial charge on any atom is -0.462 e. The average molecular weight is 440 g/mol.